The van der Waals surface area contributed by atoms with Crippen molar-refractivity contribution in [2.24, 2.45) is 5.41 Å². The van der Waals surface area contributed by atoms with Gasteiger partial charge < -0.3 is 15.7 Å². The Morgan fingerprint density at radius 3 is 2.74 bits per heavy atom. The number of carbonyl (C=O) groups is 2. The van der Waals surface area contributed by atoms with Crippen LogP contribution in [0, 0.1) is 5.41 Å². The molecule has 19 heavy (non-hydrogen) atoms. The Kier molecular flexibility index (Phi) is 3.98. The lowest BCUT2D eigenvalue weighted by atomic mass is 9.66. The van der Waals surface area contributed by atoms with Crippen LogP contribution in [0.25, 0.3) is 0 Å². The summed E-state index contributed by atoms with van der Waals surface area (Å²) in [5.41, 5.74) is -0.268. The van der Waals surface area contributed by atoms with E-state index in [0.717, 1.165) is 19.3 Å². The van der Waals surface area contributed by atoms with E-state index >= 15 is 0 Å². The van der Waals surface area contributed by atoms with Crippen LogP contribution in [0.1, 0.15) is 31.5 Å². The highest BCUT2D eigenvalue weighted by molar-refractivity contribution is 5.74. The van der Waals surface area contributed by atoms with E-state index in [0.29, 0.717) is 12.4 Å². The average molecular weight is 267 g/mol. The number of rotatable bonds is 6. The fraction of sp³-hybridized carbons (Fsp3) is 0.636. The number of aromatic nitrogens is 3. The second-order valence-electron chi connectivity index (χ2n) is 4.89. The quantitative estimate of drug-likeness (QED) is 0.589. The summed E-state index contributed by atoms with van der Waals surface area (Å²) in [4.78, 5) is 26.2. The van der Waals surface area contributed by atoms with Gasteiger partial charge in [-0.2, -0.15) is 5.10 Å². The van der Waals surface area contributed by atoms with E-state index in [2.05, 4.69) is 25.8 Å². The Labute approximate surface area is 110 Å². The summed E-state index contributed by atoms with van der Waals surface area (Å²) in [6, 6.07) is -0.326. The first-order chi connectivity index (χ1) is 9.10. The summed E-state index contributed by atoms with van der Waals surface area (Å²) in [6.07, 6.45) is 4.19. The predicted molar refractivity (Wildman–Crippen MR) is 65.2 cm³/mol. The van der Waals surface area contributed by atoms with Crippen LogP contribution in [-0.2, 0) is 11.3 Å². The second-order valence-corrected chi connectivity index (χ2v) is 4.89. The molecule has 2 rings (SSSR count). The van der Waals surface area contributed by atoms with Crippen LogP contribution in [0.5, 0.6) is 0 Å². The minimum absolute atomic E-state index is 0.107. The molecule has 1 heterocycles. The third-order valence-corrected chi connectivity index (χ3v) is 3.45. The van der Waals surface area contributed by atoms with Crippen molar-refractivity contribution >= 4 is 12.0 Å². The molecule has 0 radical (unpaired) electrons. The maximum atomic E-state index is 11.6. The molecule has 104 valence electrons. The van der Waals surface area contributed by atoms with Crippen molar-refractivity contribution in [2.45, 2.75) is 32.2 Å². The van der Waals surface area contributed by atoms with E-state index in [9.17, 15) is 9.59 Å². The molecule has 0 atom stereocenters. The minimum atomic E-state index is -0.816. The second kappa shape index (κ2) is 5.68. The van der Waals surface area contributed by atoms with Crippen LogP contribution < -0.4 is 10.6 Å². The lowest BCUT2D eigenvalue weighted by Gasteiger charge is -2.40. The lowest BCUT2D eigenvalue weighted by Crippen LogP contribution is -2.46. The molecule has 1 saturated carbocycles. The molecule has 0 bridgehead atoms. The summed E-state index contributed by atoms with van der Waals surface area (Å²) in [5.74, 6) is -0.248. The molecule has 0 aromatic carbocycles. The molecule has 8 nitrogen and oxygen atoms in total. The molecule has 4 N–H and O–H groups in total. The van der Waals surface area contributed by atoms with Crippen molar-refractivity contribution in [3.8, 4) is 0 Å². The summed E-state index contributed by atoms with van der Waals surface area (Å²) >= 11 is 0. The van der Waals surface area contributed by atoms with E-state index < -0.39 is 5.97 Å². The molecule has 1 aliphatic rings. The number of carboxylic acid groups (broad SMARTS) is 1. The van der Waals surface area contributed by atoms with Crippen LogP contribution in [0.4, 0.5) is 4.79 Å². The first-order valence-electron chi connectivity index (χ1n) is 6.17. The molecule has 1 aliphatic carbocycles. The highest BCUT2D eigenvalue weighted by atomic mass is 16.4. The molecule has 0 aliphatic heterocycles. The molecule has 1 aromatic rings. The van der Waals surface area contributed by atoms with Gasteiger partial charge in [0.2, 0.25) is 0 Å². The number of urea groups is 1. The van der Waals surface area contributed by atoms with Gasteiger partial charge in [-0.15, -0.1) is 0 Å². The summed E-state index contributed by atoms with van der Waals surface area (Å²) in [6.45, 7) is 0.652. The number of aromatic amines is 1. The molecule has 0 spiro atoms. The first kappa shape index (κ1) is 13.3. The van der Waals surface area contributed by atoms with E-state index in [1.165, 1.54) is 6.33 Å². The largest absolute Gasteiger partial charge is 0.481 e. The topological polar surface area (TPSA) is 120 Å². The average Bonchev–Trinajstić information content (AvgIpc) is 2.82. The van der Waals surface area contributed by atoms with Crippen molar-refractivity contribution in [1.29, 1.82) is 0 Å². The standard InChI is InChI=1S/C11H17N5O3/c17-9(18)4-11(2-1-3-11)6-13-10(19)12-5-8-14-7-15-16-8/h7H,1-6H2,(H,17,18)(H2,12,13,19)(H,14,15,16). The van der Waals surface area contributed by atoms with Crippen LogP contribution in [-0.4, -0.2) is 38.8 Å². The van der Waals surface area contributed by atoms with Crippen LogP contribution in [0.2, 0.25) is 0 Å². The Bertz CT molecular complexity index is 441. The Morgan fingerprint density at radius 2 is 2.21 bits per heavy atom. The van der Waals surface area contributed by atoms with Gasteiger partial charge >= 0.3 is 12.0 Å². The third-order valence-electron chi connectivity index (χ3n) is 3.45. The Morgan fingerprint density at radius 1 is 1.42 bits per heavy atom. The SMILES string of the molecule is O=C(O)CC1(CNC(=O)NCc2ncn[nH]2)CCC1. The van der Waals surface area contributed by atoms with Gasteiger partial charge in [0.05, 0.1) is 13.0 Å². The van der Waals surface area contributed by atoms with Gasteiger partial charge in [-0.05, 0) is 18.3 Å². The van der Waals surface area contributed by atoms with Crippen molar-refractivity contribution in [3.05, 3.63) is 12.2 Å². The zero-order chi connectivity index (χ0) is 13.7. The van der Waals surface area contributed by atoms with Gasteiger partial charge in [0.25, 0.3) is 0 Å². The van der Waals surface area contributed by atoms with E-state index in [1.807, 2.05) is 0 Å². The molecule has 1 aromatic heterocycles. The maximum Gasteiger partial charge on any atom is 0.315 e. The summed E-state index contributed by atoms with van der Waals surface area (Å²) < 4.78 is 0. The maximum absolute atomic E-state index is 11.6. The zero-order valence-corrected chi connectivity index (χ0v) is 10.5. The van der Waals surface area contributed by atoms with Crippen molar-refractivity contribution < 1.29 is 14.7 Å². The Balaban J connectivity index is 1.72. The molecular formula is C11H17N5O3. The number of aliphatic carboxylic acids is 1. The van der Waals surface area contributed by atoms with Gasteiger partial charge in [0.15, 0.2) is 0 Å². The molecule has 0 unspecified atom stereocenters. The summed E-state index contributed by atoms with van der Waals surface area (Å²) in [5, 5.41) is 20.5. The van der Waals surface area contributed by atoms with E-state index in [4.69, 9.17) is 5.11 Å². The van der Waals surface area contributed by atoms with Gasteiger partial charge in [0, 0.05) is 6.54 Å². The highest BCUT2D eigenvalue weighted by Gasteiger charge is 2.39. The number of carbonyl (C=O) groups excluding carboxylic acids is 1. The van der Waals surface area contributed by atoms with Gasteiger partial charge in [-0.25, -0.2) is 9.78 Å². The highest BCUT2D eigenvalue weighted by Crippen LogP contribution is 2.43. The number of hydrogen-bond donors (Lipinski definition) is 4. The van der Waals surface area contributed by atoms with Crippen molar-refractivity contribution in [1.82, 2.24) is 25.8 Å². The summed E-state index contributed by atoms with van der Waals surface area (Å²) in [7, 11) is 0. The predicted octanol–water partition coefficient (Wildman–Crippen LogP) is 0.249. The number of H-pyrrole nitrogens is 1. The Hall–Kier alpha value is -2.12. The number of nitrogens with zero attached hydrogens (tertiary/aromatic N) is 2. The number of carboxylic acids is 1. The van der Waals surface area contributed by atoms with E-state index in [1.54, 1.807) is 0 Å². The van der Waals surface area contributed by atoms with Crippen molar-refractivity contribution in [3.63, 3.8) is 0 Å². The molecule has 1 fully saturated rings. The number of amides is 2. The van der Waals surface area contributed by atoms with Crippen LogP contribution in [0.3, 0.4) is 0 Å². The van der Waals surface area contributed by atoms with Crippen LogP contribution in [0.15, 0.2) is 6.33 Å². The van der Waals surface area contributed by atoms with Crippen LogP contribution >= 0.6 is 0 Å². The normalized spacial score (nSPS) is 16.4. The van der Waals surface area contributed by atoms with Gasteiger partial charge in [0.1, 0.15) is 12.2 Å². The van der Waals surface area contributed by atoms with Gasteiger partial charge in [-0.1, -0.05) is 6.42 Å². The third kappa shape index (κ3) is 3.67. The fourth-order valence-electron chi connectivity index (χ4n) is 2.22. The van der Waals surface area contributed by atoms with Crippen molar-refractivity contribution in [2.75, 3.05) is 6.54 Å². The first-order valence-corrected chi connectivity index (χ1v) is 6.17. The smallest absolute Gasteiger partial charge is 0.315 e. The minimum Gasteiger partial charge on any atom is -0.481 e. The van der Waals surface area contributed by atoms with E-state index in [-0.39, 0.29) is 24.4 Å². The molecule has 0 saturated heterocycles. The monoisotopic (exact) mass is 267 g/mol. The lowest BCUT2D eigenvalue weighted by molar-refractivity contribution is -0.141. The molecular weight excluding hydrogens is 250 g/mol. The molecule has 8 heteroatoms. The van der Waals surface area contributed by atoms with Gasteiger partial charge in [-0.3, -0.25) is 9.89 Å². The molecule has 2 amide bonds. The fourth-order valence-corrected chi connectivity index (χ4v) is 2.22. The number of nitrogens with one attached hydrogen (secondary N) is 3. The zero-order valence-electron chi connectivity index (χ0n) is 10.5. The number of hydrogen-bond acceptors (Lipinski definition) is 4.